The van der Waals surface area contributed by atoms with Gasteiger partial charge < -0.3 is 14.7 Å². The topological polar surface area (TPSA) is 89.1 Å². The summed E-state index contributed by atoms with van der Waals surface area (Å²) < 4.78 is 7.15. The molecule has 1 aliphatic heterocycles. The maximum absolute atomic E-state index is 12.7. The fourth-order valence-corrected chi connectivity index (χ4v) is 3.46. The molecule has 8 nitrogen and oxygen atoms in total. The molecule has 0 aliphatic carbocycles. The van der Waals surface area contributed by atoms with Gasteiger partial charge in [-0.1, -0.05) is 40.7 Å². The van der Waals surface area contributed by atoms with E-state index in [1.165, 1.54) is 12.8 Å². The van der Waals surface area contributed by atoms with Gasteiger partial charge in [0, 0.05) is 25.2 Å². The minimum atomic E-state index is -0.189. The van der Waals surface area contributed by atoms with Crippen LogP contribution in [0.4, 0.5) is 0 Å². The van der Waals surface area contributed by atoms with E-state index in [9.17, 15) is 4.79 Å². The summed E-state index contributed by atoms with van der Waals surface area (Å²) in [6.45, 7) is 3.16. The van der Waals surface area contributed by atoms with Crippen molar-refractivity contribution in [2.45, 2.75) is 25.9 Å². The number of hydrogen-bond acceptors (Lipinski definition) is 6. The zero-order valence-electron chi connectivity index (χ0n) is 15.9. The van der Waals surface area contributed by atoms with Gasteiger partial charge in [0.1, 0.15) is 5.69 Å². The van der Waals surface area contributed by atoms with Gasteiger partial charge in [0.15, 0.2) is 11.5 Å². The third kappa shape index (κ3) is 4.28. The summed E-state index contributed by atoms with van der Waals surface area (Å²) in [5.41, 5.74) is 2.07. The average Bonchev–Trinajstić information content (AvgIpc) is 3.39. The Morgan fingerprint density at radius 2 is 2.21 bits per heavy atom. The van der Waals surface area contributed by atoms with Gasteiger partial charge in [0.05, 0.1) is 12.7 Å². The van der Waals surface area contributed by atoms with Crippen LogP contribution in [0, 0.1) is 5.92 Å². The molecule has 3 aromatic rings. The van der Waals surface area contributed by atoms with Crippen molar-refractivity contribution in [1.29, 1.82) is 0 Å². The number of hydrogen-bond donors (Lipinski definition) is 1. The van der Waals surface area contributed by atoms with Crippen LogP contribution in [0.25, 0.3) is 11.3 Å². The highest BCUT2D eigenvalue weighted by Gasteiger charge is 2.20. The van der Waals surface area contributed by atoms with Gasteiger partial charge in [0.2, 0.25) is 0 Å². The first-order valence-corrected chi connectivity index (χ1v) is 9.56. The summed E-state index contributed by atoms with van der Waals surface area (Å²) in [6, 6.07) is 11.6. The summed E-state index contributed by atoms with van der Waals surface area (Å²) in [4.78, 5) is 14.2. The Labute approximate surface area is 163 Å². The zero-order chi connectivity index (χ0) is 19.3. The van der Waals surface area contributed by atoms with E-state index >= 15 is 0 Å². The van der Waals surface area contributed by atoms with Crippen LogP contribution in [0.2, 0.25) is 0 Å². The first kappa shape index (κ1) is 18.4. The van der Waals surface area contributed by atoms with Crippen molar-refractivity contribution in [3.8, 4) is 11.3 Å². The third-order valence-corrected chi connectivity index (χ3v) is 4.97. The highest BCUT2D eigenvalue weighted by molar-refractivity contribution is 5.91. The second-order valence-electron chi connectivity index (χ2n) is 7.24. The van der Waals surface area contributed by atoms with Crippen molar-refractivity contribution in [2.75, 3.05) is 20.1 Å². The molecule has 0 spiro atoms. The Balaban J connectivity index is 1.36. The van der Waals surface area contributed by atoms with Crippen LogP contribution in [-0.4, -0.2) is 51.1 Å². The molecule has 1 amide bonds. The molecule has 0 bridgehead atoms. The Hall–Kier alpha value is -3.00. The predicted molar refractivity (Wildman–Crippen MR) is 103 cm³/mol. The molecule has 1 fully saturated rings. The van der Waals surface area contributed by atoms with Crippen LogP contribution in [0.3, 0.4) is 0 Å². The lowest BCUT2D eigenvalue weighted by Crippen LogP contribution is -2.32. The van der Waals surface area contributed by atoms with E-state index in [1.54, 1.807) is 22.8 Å². The molecule has 146 valence electrons. The van der Waals surface area contributed by atoms with Crippen LogP contribution >= 0.6 is 0 Å². The van der Waals surface area contributed by atoms with Crippen molar-refractivity contribution in [3.05, 3.63) is 54.0 Å². The van der Waals surface area contributed by atoms with Gasteiger partial charge in [-0.2, -0.15) is 0 Å². The highest BCUT2D eigenvalue weighted by Crippen LogP contribution is 2.19. The SMILES string of the molecule is CN(Cc1cc(-c2ccccc2)no1)C(=O)c1cn(CC2CCCNC2)nn1. The Morgan fingerprint density at radius 3 is 3.00 bits per heavy atom. The van der Waals surface area contributed by atoms with Gasteiger partial charge in [-0.05, 0) is 31.8 Å². The van der Waals surface area contributed by atoms with Crippen molar-refractivity contribution in [3.63, 3.8) is 0 Å². The molecule has 1 atom stereocenters. The normalized spacial score (nSPS) is 16.8. The van der Waals surface area contributed by atoms with Crippen LogP contribution in [0.15, 0.2) is 47.1 Å². The van der Waals surface area contributed by atoms with Crippen molar-refractivity contribution in [1.82, 2.24) is 30.4 Å². The lowest BCUT2D eigenvalue weighted by molar-refractivity contribution is 0.0766. The third-order valence-electron chi connectivity index (χ3n) is 4.97. The van der Waals surface area contributed by atoms with Crippen molar-refractivity contribution >= 4 is 5.91 Å². The van der Waals surface area contributed by atoms with Crippen LogP contribution < -0.4 is 5.32 Å². The molecule has 1 saturated heterocycles. The quantitative estimate of drug-likeness (QED) is 0.705. The monoisotopic (exact) mass is 380 g/mol. The first-order chi connectivity index (χ1) is 13.7. The average molecular weight is 380 g/mol. The maximum atomic E-state index is 12.7. The lowest BCUT2D eigenvalue weighted by Gasteiger charge is -2.22. The molecule has 2 aromatic heterocycles. The fourth-order valence-electron chi connectivity index (χ4n) is 3.46. The molecule has 0 radical (unpaired) electrons. The molecule has 0 saturated carbocycles. The highest BCUT2D eigenvalue weighted by atomic mass is 16.5. The number of carbonyl (C=O) groups excluding carboxylic acids is 1. The fraction of sp³-hybridized carbons (Fsp3) is 0.400. The van der Waals surface area contributed by atoms with Gasteiger partial charge >= 0.3 is 0 Å². The lowest BCUT2D eigenvalue weighted by atomic mass is 10.00. The molecule has 4 rings (SSSR count). The summed E-state index contributed by atoms with van der Waals surface area (Å²) in [5, 5.41) is 15.7. The Bertz CT molecular complexity index is 914. The molecule has 28 heavy (non-hydrogen) atoms. The van der Waals surface area contributed by atoms with Gasteiger partial charge in [-0.25, -0.2) is 0 Å². The van der Waals surface area contributed by atoms with Crippen LogP contribution in [0.1, 0.15) is 29.1 Å². The smallest absolute Gasteiger partial charge is 0.276 e. The molecule has 1 aromatic carbocycles. The first-order valence-electron chi connectivity index (χ1n) is 9.56. The van der Waals surface area contributed by atoms with E-state index in [2.05, 4.69) is 20.8 Å². The number of carbonyl (C=O) groups is 1. The number of rotatable bonds is 6. The van der Waals surface area contributed by atoms with Gasteiger partial charge in [0.25, 0.3) is 5.91 Å². The zero-order valence-corrected chi connectivity index (χ0v) is 15.9. The van der Waals surface area contributed by atoms with E-state index in [4.69, 9.17) is 4.52 Å². The summed E-state index contributed by atoms with van der Waals surface area (Å²) >= 11 is 0. The minimum Gasteiger partial charge on any atom is -0.359 e. The summed E-state index contributed by atoms with van der Waals surface area (Å²) in [7, 11) is 1.72. The second-order valence-corrected chi connectivity index (χ2v) is 7.24. The Kier molecular flexibility index (Phi) is 5.48. The summed E-state index contributed by atoms with van der Waals surface area (Å²) in [6.07, 6.45) is 4.07. The molecule has 8 heteroatoms. The number of nitrogens with zero attached hydrogens (tertiary/aromatic N) is 5. The number of benzene rings is 1. The largest absolute Gasteiger partial charge is 0.359 e. The standard InChI is InChI=1S/C20H24N6O2/c1-25(13-17-10-18(23-28-17)16-7-3-2-4-8-16)20(27)19-14-26(24-22-19)12-15-6-5-9-21-11-15/h2-4,7-8,10,14-15,21H,5-6,9,11-13H2,1H3. The number of aromatic nitrogens is 4. The number of piperidine rings is 1. The maximum Gasteiger partial charge on any atom is 0.276 e. The second kappa shape index (κ2) is 8.35. The Morgan fingerprint density at radius 1 is 1.36 bits per heavy atom. The minimum absolute atomic E-state index is 0.189. The molecule has 1 unspecified atom stereocenters. The molecular weight excluding hydrogens is 356 g/mol. The van der Waals surface area contributed by atoms with Crippen molar-refractivity contribution in [2.24, 2.45) is 5.92 Å². The van der Waals surface area contributed by atoms with Crippen LogP contribution in [0.5, 0.6) is 0 Å². The summed E-state index contributed by atoms with van der Waals surface area (Å²) in [5.74, 6) is 0.961. The van der Waals surface area contributed by atoms with E-state index < -0.39 is 0 Å². The van der Waals surface area contributed by atoms with Gasteiger partial charge in [-0.3, -0.25) is 9.48 Å². The van der Waals surface area contributed by atoms with Crippen LogP contribution in [-0.2, 0) is 13.1 Å². The molecule has 3 heterocycles. The van der Waals surface area contributed by atoms with E-state index in [-0.39, 0.29) is 5.91 Å². The van der Waals surface area contributed by atoms with E-state index in [0.29, 0.717) is 23.9 Å². The predicted octanol–water partition coefficient (Wildman–Crippen LogP) is 2.20. The molecule has 1 aliphatic rings. The number of nitrogens with one attached hydrogen (secondary N) is 1. The molecular formula is C20H24N6O2. The van der Waals surface area contributed by atoms with E-state index in [0.717, 1.165) is 30.9 Å². The van der Waals surface area contributed by atoms with Gasteiger partial charge in [-0.15, -0.1) is 5.10 Å². The number of amides is 1. The molecule has 1 N–H and O–H groups in total. The van der Waals surface area contributed by atoms with Crippen molar-refractivity contribution < 1.29 is 9.32 Å². The van der Waals surface area contributed by atoms with E-state index in [1.807, 2.05) is 36.4 Å².